The Morgan fingerprint density at radius 2 is 1.77 bits per heavy atom. The maximum absolute atomic E-state index is 13.5. The van der Waals surface area contributed by atoms with Gasteiger partial charge in [0.1, 0.15) is 11.6 Å². The van der Waals surface area contributed by atoms with Crippen LogP contribution in [0, 0.1) is 5.41 Å². The van der Waals surface area contributed by atoms with Gasteiger partial charge in [-0.3, -0.25) is 19.1 Å². The van der Waals surface area contributed by atoms with Crippen LogP contribution < -0.4 is 16.0 Å². The highest BCUT2D eigenvalue weighted by Gasteiger charge is 2.49. The second kappa shape index (κ2) is 10.3. The first kappa shape index (κ1) is 25.2. The van der Waals surface area contributed by atoms with E-state index >= 15 is 0 Å². The highest BCUT2D eigenvalue weighted by atomic mass is 16.5. The SMILES string of the molecule is Cn1ccc(NC(=O)C(=O)C2(NC(=O)[C@H](CC3(C)CCCC3)NC(=O)N3CCOCC3)CCC2)n1. The van der Waals surface area contributed by atoms with Crippen molar-refractivity contribution in [3.8, 4) is 0 Å². The zero-order valence-electron chi connectivity index (χ0n) is 20.6. The van der Waals surface area contributed by atoms with Crippen LogP contribution in [0.25, 0.3) is 0 Å². The van der Waals surface area contributed by atoms with Gasteiger partial charge in [0.2, 0.25) is 11.7 Å². The van der Waals surface area contributed by atoms with Crippen LogP contribution in [0.2, 0.25) is 0 Å². The molecule has 11 heteroatoms. The predicted molar refractivity (Wildman–Crippen MR) is 127 cm³/mol. The highest BCUT2D eigenvalue weighted by molar-refractivity contribution is 6.44. The first-order valence-electron chi connectivity index (χ1n) is 12.5. The van der Waals surface area contributed by atoms with E-state index in [2.05, 4.69) is 28.0 Å². The number of morpholine rings is 1. The van der Waals surface area contributed by atoms with E-state index in [1.54, 1.807) is 24.2 Å². The van der Waals surface area contributed by atoms with Gasteiger partial charge in [0.25, 0.3) is 5.91 Å². The van der Waals surface area contributed by atoms with Crippen molar-refractivity contribution in [1.82, 2.24) is 25.3 Å². The number of carbonyl (C=O) groups is 4. The van der Waals surface area contributed by atoms with E-state index in [1.807, 2.05) is 0 Å². The molecule has 2 aliphatic carbocycles. The average Bonchev–Trinajstić information content (AvgIpc) is 3.43. The second-order valence-corrected chi connectivity index (χ2v) is 10.4. The van der Waals surface area contributed by atoms with Crippen molar-refractivity contribution in [3.05, 3.63) is 12.3 Å². The summed E-state index contributed by atoms with van der Waals surface area (Å²) >= 11 is 0. The lowest BCUT2D eigenvalue weighted by Crippen LogP contribution is -2.65. The number of rotatable bonds is 8. The topological polar surface area (TPSA) is 135 Å². The van der Waals surface area contributed by atoms with E-state index < -0.39 is 29.2 Å². The van der Waals surface area contributed by atoms with Gasteiger partial charge in [-0.15, -0.1) is 0 Å². The van der Waals surface area contributed by atoms with Crippen molar-refractivity contribution in [1.29, 1.82) is 0 Å². The van der Waals surface area contributed by atoms with E-state index in [9.17, 15) is 19.2 Å². The Balaban J connectivity index is 1.45. The molecule has 3 fully saturated rings. The largest absolute Gasteiger partial charge is 0.378 e. The summed E-state index contributed by atoms with van der Waals surface area (Å²) in [5.74, 6) is -1.64. The maximum Gasteiger partial charge on any atom is 0.318 e. The maximum atomic E-state index is 13.5. The fourth-order valence-electron chi connectivity index (χ4n) is 5.28. The summed E-state index contributed by atoms with van der Waals surface area (Å²) in [5, 5.41) is 12.4. The number of Topliss-reactive ketones (excluding diaryl/α,β-unsaturated/α-hetero) is 1. The number of anilines is 1. The first-order chi connectivity index (χ1) is 16.7. The summed E-state index contributed by atoms with van der Waals surface area (Å²) in [5.41, 5.74) is -1.32. The molecule has 0 unspecified atom stereocenters. The fourth-order valence-corrected chi connectivity index (χ4v) is 5.28. The molecule has 1 aromatic rings. The number of amides is 4. The molecule has 1 aliphatic heterocycles. The molecule has 192 valence electrons. The molecule has 35 heavy (non-hydrogen) atoms. The standard InChI is InChI=1S/C24H36N6O5/c1-23(7-3-4-8-23)16-17(25-22(34)30-12-14-35-15-13-30)20(32)27-24(9-5-10-24)19(31)21(33)26-18-6-11-29(2)28-18/h6,11,17H,3-5,7-10,12-16H2,1-2H3,(H,25,34)(H,27,32)(H,26,28,33)/t17-/m0/s1. The Bertz CT molecular complexity index is 959. The number of nitrogens with zero attached hydrogens (tertiary/aromatic N) is 3. The molecule has 1 saturated heterocycles. The van der Waals surface area contributed by atoms with E-state index in [1.165, 1.54) is 4.68 Å². The van der Waals surface area contributed by atoms with Crippen LogP contribution in [-0.4, -0.2) is 76.2 Å². The number of hydrogen-bond acceptors (Lipinski definition) is 6. The molecule has 1 aromatic heterocycles. The van der Waals surface area contributed by atoms with Gasteiger partial charge in [-0.2, -0.15) is 5.10 Å². The molecular formula is C24H36N6O5. The smallest absolute Gasteiger partial charge is 0.318 e. The minimum absolute atomic E-state index is 0.0621. The van der Waals surface area contributed by atoms with Gasteiger partial charge < -0.3 is 25.6 Å². The molecule has 0 bridgehead atoms. The van der Waals surface area contributed by atoms with E-state index in [-0.39, 0.29) is 17.3 Å². The van der Waals surface area contributed by atoms with Crippen LogP contribution in [0.5, 0.6) is 0 Å². The number of aryl methyl sites for hydroxylation is 1. The molecule has 0 spiro atoms. The molecule has 2 saturated carbocycles. The fraction of sp³-hybridized carbons (Fsp3) is 0.708. The van der Waals surface area contributed by atoms with Gasteiger partial charge in [0.05, 0.1) is 13.2 Å². The Morgan fingerprint density at radius 1 is 1.09 bits per heavy atom. The van der Waals surface area contributed by atoms with Gasteiger partial charge in [0, 0.05) is 32.4 Å². The molecule has 11 nitrogen and oxygen atoms in total. The van der Waals surface area contributed by atoms with E-state index in [0.29, 0.717) is 45.6 Å². The molecule has 2 heterocycles. The Hall–Kier alpha value is -2.95. The van der Waals surface area contributed by atoms with Crippen LogP contribution in [0.1, 0.15) is 58.3 Å². The van der Waals surface area contributed by atoms with Crippen molar-refractivity contribution in [2.45, 2.75) is 69.9 Å². The summed E-state index contributed by atoms with van der Waals surface area (Å²) in [6, 6.07) is 0.492. The third kappa shape index (κ3) is 5.83. The molecule has 3 aliphatic rings. The number of ketones is 1. The summed E-state index contributed by atoms with van der Waals surface area (Å²) in [7, 11) is 1.71. The third-order valence-corrected chi connectivity index (χ3v) is 7.59. The lowest BCUT2D eigenvalue weighted by molar-refractivity contribution is -0.144. The normalized spacial score (nSPS) is 21.5. The minimum atomic E-state index is -1.26. The van der Waals surface area contributed by atoms with Gasteiger partial charge in [-0.05, 0) is 43.9 Å². The summed E-state index contributed by atoms with van der Waals surface area (Å²) in [4.78, 5) is 53.9. The highest BCUT2D eigenvalue weighted by Crippen LogP contribution is 2.41. The minimum Gasteiger partial charge on any atom is -0.378 e. The molecule has 3 N–H and O–H groups in total. The molecule has 4 amide bonds. The Kier molecular flexibility index (Phi) is 7.44. The molecule has 1 atom stereocenters. The van der Waals surface area contributed by atoms with Crippen molar-refractivity contribution in [3.63, 3.8) is 0 Å². The van der Waals surface area contributed by atoms with Gasteiger partial charge in [0.15, 0.2) is 5.82 Å². The molecule has 0 radical (unpaired) electrons. The van der Waals surface area contributed by atoms with Crippen LogP contribution >= 0.6 is 0 Å². The Labute approximate surface area is 205 Å². The summed E-state index contributed by atoms with van der Waals surface area (Å²) in [6.45, 7) is 4.00. The van der Waals surface area contributed by atoms with E-state index in [4.69, 9.17) is 4.74 Å². The van der Waals surface area contributed by atoms with Crippen molar-refractivity contribution in [2.24, 2.45) is 12.5 Å². The average molecular weight is 489 g/mol. The predicted octanol–water partition coefficient (Wildman–Crippen LogP) is 1.35. The van der Waals surface area contributed by atoms with Crippen LogP contribution in [-0.2, 0) is 26.2 Å². The lowest BCUT2D eigenvalue weighted by atomic mass is 9.72. The third-order valence-electron chi connectivity index (χ3n) is 7.59. The number of aromatic nitrogens is 2. The number of hydrogen-bond donors (Lipinski definition) is 3. The number of nitrogens with one attached hydrogen (secondary N) is 3. The monoisotopic (exact) mass is 488 g/mol. The zero-order chi connectivity index (χ0) is 25.1. The molecular weight excluding hydrogens is 452 g/mol. The number of carbonyl (C=O) groups excluding carboxylic acids is 4. The van der Waals surface area contributed by atoms with Gasteiger partial charge in [-0.25, -0.2) is 4.79 Å². The number of ether oxygens (including phenoxy) is 1. The van der Waals surface area contributed by atoms with Crippen molar-refractivity contribution in [2.75, 3.05) is 31.6 Å². The van der Waals surface area contributed by atoms with Gasteiger partial charge >= 0.3 is 6.03 Å². The van der Waals surface area contributed by atoms with Crippen molar-refractivity contribution < 1.29 is 23.9 Å². The Morgan fingerprint density at radius 3 is 2.34 bits per heavy atom. The first-order valence-corrected chi connectivity index (χ1v) is 12.5. The molecule has 4 rings (SSSR count). The summed E-state index contributed by atoms with van der Waals surface area (Å²) in [6.07, 6.45) is 7.80. The van der Waals surface area contributed by atoms with Crippen LogP contribution in [0.3, 0.4) is 0 Å². The zero-order valence-corrected chi connectivity index (χ0v) is 20.6. The lowest BCUT2D eigenvalue weighted by Gasteiger charge is -2.42. The van der Waals surface area contributed by atoms with Crippen molar-refractivity contribution >= 4 is 29.4 Å². The quantitative estimate of drug-likeness (QED) is 0.473. The molecule has 0 aromatic carbocycles. The second-order valence-electron chi connectivity index (χ2n) is 10.4. The number of urea groups is 1. The van der Waals surface area contributed by atoms with Crippen LogP contribution in [0.15, 0.2) is 12.3 Å². The summed E-state index contributed by atoms with van der Waals surface area (Å²) < 4.78 is 6.84. The van der Waals surface area contributed by atoms with Crippen LogP contribution in [0.4, 0.5) is 10.6 Å². The van der Waals surface area contributed by atoms with E-state index in [0.717, 1.165) is 32.1 Å². The van der Waals surface area contributed by atoms with Gasteiger partial charge in [-0.1, -0.05) is 19.8 Å².